The summed E-state index contributed by atoms with van der Waals surface area (Å²) in [6, 6.07) is 17.1. The third-order valence-corrected chi connectivity index (χ3v) is 2.49. The Balaban J connectivity index is 2.23. The lowest BCUT2D eigenvalue weighted by Crippen LogP contribution is -2.35. The summed E-state index contributed by atoms with van der Waals surface area (Å²) >= 11 is 0. The van der Waals surface area contributed by atoms with Gasteiger partial charge in [-0.15, -0.1) is 0 Å². The molecule has 0 heterocycles. The van der Waals surface area contributed by atoms with Crippen molar-refractivity contribution in [2.45, 2.75) is 0 Å². The summed E-state index contributed by atoms with van der Waals surface area (Å²) in [5.74, 6) is 6.60. The maximum absolute atomic E-state index is 5.48. The Morgan fingerprint density at radius 3 is 2.42 bits per heavy atom. The van der Waals surface area contributed by atoms with Gasteiger partial charge in [-0.25, -0.2) is 10.8 Å². The fourth-order valence-electron chi connectivity index (χ4n) is 1.60. The number of benzene rings is 2. The number of hydrogen-bond acceptors (Lipinski definition) is 3. The fourth-order valence-corrected chi connectivity index (χ4v) is 1.60. The Hall–Kier alpha value is -2.53. The molecule has 0 unspecified atom stereocenters. The topological polar surface area (TPSA) is 71.7 Å². The Labute approximate surface area is 112 Å². The second-order valence-electron chi connectivity index (χ2n) is 3.77. The van der Waals surface area contributed by atoms with Gasteiger partial charge < -0.3 is 10.1 Å². The molecule has 19 heavy (non-hydrogen) atoms. The molecule has 0 fully saturated rings. The van der Waals surface area contributed by atoms with E-state index in [2.05, 4.69) is 15.7 Å². The van der Waals surface area contributed by atoms with Crippen LogP contribution in [0.4, 0.5) is 11.4 Å². The van der Waals surface area contributed by atoms with Crippen molar-refractivity contribution in [3.8, 4) is 5.75 Å². The molecule has 98 valence electrons. The molecule has 0 saturated carbocycles. The van der Waals surface area contributed by atoms with E-state index in [1.807, 2.05) is 54.6 Å². The van der Waals surface area contributed by atoms with Crippen molar-refractivity contribution in [2.75, 3.05) is 12.4 Å². The quantitative estimate of drug-likeness (QED) is 0.341. The zero-order valence-electron chi connectivity index (χ0n) is 10.6. The zero-order valence-corrected chi connectivity index (χ0v) is 10.6. The molecule has 0 aliphatic rings. The molecule has 5 nitrogen and oxygen atoms in total. The molecule has 0 spiro atoms. The number of nitrogens with one attached hydrogen (secondary N) is 2. The van der Waals surface area contributed by atoms with Crippen LogP contribution < -0.4 is 21.3 Å². The number of nitrogens with two attached hydrogens (primary N) is 1. The highest BCUT2D eigenvalue weighted by Gasteiger charge is 2.02. The first kappa shape index (κ1) is 12.9. The molecule has 0 saturated heterocycles. The summed E-state index contributed by atoms with van der Waals surface area (Å²) in [5.41, 5.74) is 4.13. The maximum atomic E-state index is 5.48. The van der Waals surface area contributed by atoms with E-state index in [1.54, 1.807) is 7.11 Å². The number of anilines is 1. The van der Waals surface area contributed by atoms with Gasteiger partial charge in [0, 0.05) is 5.69 Å². The Morgan fingerprint density at radius 1 is 1.05 bits per heavy atom. The van der Waals surface area contributed by atoms with Crippen molar-refractivity contribution in [2.24, 2.45) is 10.8 Å². The number of hydrogen-bond donors (Lipinski definition) is 3. The molecule has 0 aliphatic carbocycles. The predicted molar refractivity (Wildman–Crippen MR) is 77.5 cm³/mol. The molecule has 0 aliphatic heterocycles. The highest BCUT2D eigenvalue weighted by atomic mass is 16.5. The molecular formula is C14H16N4O. The number of ether oxygens (including phenoxy) is 1. The summed E-state index contributed by atoms with van der Waals surface area (Å²) in [7, 11) is 1.61. The van der Waals surface area contributed by atoms with Gasteiger partial charge in [-0.3, -0.25) is 5.43 Å². The Bertz CT molecular complexity index is 554. The summed E-state index contributed by atoms with van der Waals surface area (Å²) in [4.78, 5) is 4.39. The molecule has 0 atom stereocenters. The van der Waals surface area contributed by atoms with Gasteiger partial charge >= 0.3 is 0 Å². The van der Waals surface area contributed by atoms with Crippen LogP contribution in [0.1, 0.15) is 0 Å². The average molecular weight is 256 g/mol. The van der Waals surface area contributed by atoms with Crippen molar-refractivity contribution in [1.29, 1.82) is 0 Å². The van der Waals surface area contributed by atoms with E-state index in [-0.39, 0.29) is 0 Å². The first-order chi connectivity index (χ1) is 9.33. The lowest BCUT2D eigenvalue weighted by molar-refractivity contribution is 0.416. The van der Waals surface area contributed by atoms with Gasteiger partial charge in [-0.05, 0) is 24.3 Å². The van der Waals surface area contributed by atoms with Gasteiger partial charge in [0.25, 0.3) is 0 Å². The largest absolute Gasteiger partial charge is 0.494 e. The van der Waals surface area contributed by atoms with Gasteiger partial charge in [0.05, 0.1) is 7.11 Å². The van der Waals surface area contributed by atoms with Gasteiger partial charge in [0.15, 0.2) is 0 Å². The van der Waals surface area contributed by atoms with Gasteiger partial charge in [-0.2, -0.15) is 0 Å². The highest BCUT2D eigenvalue weighted by Crippen LogP contribution is 2.26. The van der Waals surface area contributed by atoms with Crippen molar-refractivity contribution >= 4 is 17.3 Å². The molecule has 0 radical (unpaired) electrons. The first-order valence-corrected chi connectivity index (χ1v) is 5.84. The lowest BCUT2D eigenvalue weighted by Gasteiger charge is -2.10. The van der Waals surface area contributed by atoms with E-state index in [0.717, 1.165) is 5.69 Å². The van der Waals surface area contributed by atoms with Crippen LogP contribution in [0.5, 0.6) is 5.75 Å². The number of methoxy groups -OCH3 is 1. The predicted octanol–water partition coefficient (Wildman–Crippen LogP) is 2.26. The standard InChI is InChI=1S/C14H16N4O/c1-19-13-10-6-5-9-12(13)17-14(18-15)16-11-7-3-2-4-8-11/h2-10H,15H2,1H3,(H2,16,17,18). The fraction of sp³-hybridized carbons (Fsp3) is 0.0714. The second kappa shape index (κ2) is 6.42. The number of para-hydroxylation sites is 3. The minimum Gasteiger partial charge on any atom is -0.494 e. The van der Waals surface area contributed by atoms with Crippen molar-refractivity contribution < 1.29 is 4.74 Å². The normalized spacial score (nSPS) is 10.9. The van der Waals surface area contributed by atoms with Gasteiger partial charge in [0.1, 0.15) is 11.4 Å². The molecule has 2 rings (SSSR count). The van der Waals surface area contributed by atoms with E-state index in [9.17, 15) is 0 Å². The van der Waals surface area contributed by atoms with Crippen LogP contribution in [0, 0.1) is 0 Å². The first-order valence-electron chi connectivity index (χ1n) is 5.84. The minimum absolute atomic E-state index is 0.440. The maximum Gasteiger partial charge on any atom is 0.215 e. The van der Waals surface area contributed by atoms with Crippen LogP contribution in [0.2, 0.25) is 0 Å². The summed E-state index contributed by atoms with van der Waals surface area (Å²) in [5, 5.41) is 3.09. The van der Waals surface area contributed by atoms with E-state index in [1.165, 1.54) is 0 Å². The number of hydrazine groups is 1. The number of rotatable bonds is 3. The van der Waals surface area contributed by atoms with Crippen molar-refractivity contribution in [3.63, 3.8) is 0 Å². The SMILES string of the molecule is COc1ccccc1N=C(NN)Nc1ccccc1. The van der Waals surface area contributed by atoms with Gasteiger partial charge in [0.2, 0.25) is 5.96 Å². The van der Waals surface area contributed by atoms with Crippen molar-refractivity contribution in [3.05, 3.63) is 54.6 Å². The monoisotopic (exact) mass is 256 g/mol. The van der Waals surface area contributed by atoms with E-state index in [0.29, 0.717) is 17.4 Å². The van der Waals surface area contributed by atoms with Crippen LogP contribution in [0.15, 0.2) is 59.6 Å². The number of aliphatic imine (C=N–C) groups is 1. The molecule has 4 N–H and O–H groups in total. The molecule has 2 aromatic rings. The number of guanidine groups is 1. The van der Waals surface area contributed by atoms with Crippen LogP contribution in [-0.4, -0.2) is 13.1 Å². The Kier molecular flexibility index (Phi) is 4.36. The van der Waals surface area contributed by atoms with Crippen molar-refractivity contribution in [1.82, 2.24) is 5.43 Å². The Morgan fingerprint density at radius 2 is 1.74 bits per heavy atom. The molecular weight excluding hydrogens is 240 g/mol. The molecule has 5 heteroatoms. The third kappa shape index (κ3) is 3.46. The summed E-state index contributed by atoms with van der Waals surface area (Å²) < 4.78 is 5.24. The van der Waals surface area contributed by atoms with Crippen LogP contribution in [0.3, 0.4) is 0 Å². The van der Waals surface area contributed by atoms with E-state index < -0.39 is 0 Å². The summed E-state index contributed by atoms with van der Waals surface area (Å²) in [6.45, 7) is 0. The zero-order chi connectivity index (χ0) is 13.5. The number of nitrogens with zero attached hydrogens (tertiary/aromatic N) is 1. The van der Waals surface area contributed by atoms with Crippen LogP contribution in [0.25, 0.3) is 0 Å². The van der Waals surface area contributed by atoms with E-state index >= 15 is 0 Å². The molecule has 0 bridgehead atoms. The smallest absolute Gasteiger partial charge is 0.215 e. The molecule has 0 aromatic heterocycles. The van der Waals surface area contributed by atoms with Crippen LogP contribution in [-0.2, 0) is 0 Å². The third-order valence-electron chi connectivity index (χ3n) is 2.49. The lowest BCUT2D eigenvalue weighted by atomic mass is 10.3. The minimum atomic E-state index is 0.440. The average Bonchev–Trinajstić information content (AvgIpc) is 2.48. The second-order valence-corrected chi connectivity index (χ2v) is 3.77. The van der Waals surface area contributed by atoms with E-state index in [4.69, 9.17) is 10.6 Å². The highest BCUT2D eigenvalue weighted by molar-refractivity contribution is 5.95. The van der Waals surface area contributed by atoms with Crippen LogP contribution >= 0.6 is 0 Å². The van der Waals surface area contributed by atoms with Gasteiger partial charge in [-0.1, -0.05) is 30.3 Å². The molecule has 2 aromatic carbocycles. The molecule has 0 amide bonds. The summed E-state index contributed by atoms with van der Waals surface area (Å²) in [6.07, 6.45) is 0.